The molecule has 0 aliphatic carbocycles. The summed E-state index contributed by atoms with van der Waals surface area (Å²) in [5.41, 5.74) is 3.74. The Balaban J connectivity index is 1.41. The number of benzene rings is 3. The van der Waals surface area contributed by atoms with Crippen LogP contribution in [0.15, 0.2) is 84.9 Å². The monoisotopic (exact) mass is 464 g/mol. The van der Waals surface area contributed by atoms with Gasteiger partial charge in [0.1, 0.15) is 0 Å². The summed E-state index contributed by atoms with van der Waals surface area (Å²) in [6.07, 6.45) is 6.45. The second-order valence-corrected chi connectivity index (χ2v) is 7.89. The third-order valence-electron chi connectivity index (χ3n) is 4.55. The lowest BCUT2D eigenvalue weighted by atomic mass is 10.1. The van der Waals surface area contributed by atoms with Gasteiger partial charge in [-0.2, -0.15) is 0 Å². The highest BCUT2D eigenvalue weighted by Crippen LogP contribution is 2.11. The quantitative estimate of drug-likeness (QED) is 0.423. The lowest BCUT2D eigenvalue weighted by molar-refractivity contribution is -0.117. The van der Waals surface area contributed by atoms with Crippen LogP contribution in [-0.2, 0) is 22.7 Å². The number of carbonyl (C=O) groups is 2. The first-order valence-corrected chi connectivity index (χ1v) is 10.7. The van der Waals surface area contributed by atoms with Gasteiger partial charge in [0.05, 0.1) is 0 Å². The molecule has 6 heteroatoms. The van der Waals surface area contributed by atoms with E-state index in [1.54, 1.807) is 36.4 Å². The van der Waals surface area contributed by atoms with Gasteiger partial charge in [0.2, 0.25) is 11.8 Å². The molecule has 0 radical (unpaired) electrons. The molecule has 0 atom stereocenters. The van der Waals surface area contributed by atoms with Gasteiger partial charge in [-0.05, 0) is 58.7 Å². The molecule has 3 aromatic rings. The van der Waals surface area contributed by atoms with Crippen LogP contribution in [0.25, 0.3) is 12.2 Å². The number of carbonyl (C=O) groups excluding carboxylic acids is 2. The molecule has 2 N–H and O–H groups in total. The summed E-state index contributed by atoms with van der Waals surface area (Å²) in [6, 6.07) is 22.2. The molecule has 162 valence electrons. The van der Waals surface area contributed by atoms with Gasteiger partial charge < -0.3 is 10.6 Å². The van der Waals surface area contributed by atoms with Crippen LogP contribution in [0.5, 0.6) is 0 Å². The van der Waals surface area contributed by atoms with Crippen LogP contribution in [-0.4, -0.2) is 11.8 Å². The third kappa shape index (κ3) is 8.06. The molecular weight excluding hydrogens is 443 g/mol. The Morgan fingerprint density at radius 2 is 0.938 bits per heavy atom. The van der Waals surface area contributed by atoms with E-state index in [9.17, 15) is 9.59 Å². The van der Waals surface area contributed by atoms with Crippen molar-refractivity contribution in [3.8, 4) is 0 Å². The van der Waals surface area contributed by atoms with Crippen LogP contribution >= 0.6 is 23.2 Å². The van der Waals surface area contributed by atoms with Crippen LogP contribution in [0, 0.1) is 0 Å². The highest BCUT2D eigenvalue weighted by Gasteiger charge is 2.00. The average Bonchev–Trinajstić information content (AvgIpc) is 2.81. The van der Waals surface area contributed by atoms with Crippen LogP contribution in [0.1, 0.15) is 22.3 Å². The van der Waals surface area contributed by atoms with Crippen molar-refractivity contribution in [1.29, 1.82) is 0 Å². The number of hydrogen-bond acceptors (Lipinski definition) is 2. The number of amides is 2. The largest absolute Gasteiger partial charge is 0.348 e. The summed E-state index contributed by atoms with van der Waals surface area (Å²) in [5, 5.41) is 7.01. The predicted molar refractivity (Wildman–Crippen MR) is 131 cm³/mol. The van der Waals surface area contributed by atoms with Crippen molar-refractivity contribution in [3.63, 3.8) is 0 Å². The topological polar surface area (TPSA) is 58.2 Å². The van der Waals surface area contributed by atoms with Gasteiger partial charge in [0.25, 0.3) is 0 Å². The highest BCUT2D eigenvalue weighted by atomic mass is 35.5. The fraction of sp³-hybridized carbons (Fsp3) is 0.0769. The summed E-state index contributed by atoms with van der Waals surface area (Å²) in [6.45, 7) is 0.834. The Morgan fingerprint density at radius 1 is 0.594 bits per heavy atom. The Hall–Kier alpha value is -3.34. The number of rotatable bonds is 8. The predicted octanol–water partition coefficient (Wildman–Crippen LogP) is 5.65. The molecule has 32 heavy (non-hydrogen) atoms. The first kappa shape index (κ1) is 23.3. The van der Waals surface area contributed by atoms with Crippen LogP contribution < -0.4 is 10.6 Å². The van der Waals surface area contributed by atoms with Crippen LogP contribution in [0.3, 0.4) is 0 Å². The minimum absolute atomic E-state index is 0.177. The fourth-order valence-electron chi connectivity index (χ4n) is 2.76. The number of halogens is 2. The zero-order valence-electron chi connectivity index (χ0n) is 17.2. The van der Waals surface area contributed by atoms with Crippen molar-refractivity contribution in [2.45, 2.75) is 13.1 Å². The summed E-state index contributed by atoms with van der Waals surface area (Å²) in [4.78, 5) is 24.0. The molecule has 0 aliphatic heterocycles. The standard InChI is InChI=1S/C26H22Cl2N2O2/c27-23-11-5-19(6-12-23)9-15-25(31)29-17-21-1-2-22(4-3-21)18-30-26(32)16-10-20-7-13-24(28)14-8-20/h1-16H,17-18H2,(H,29,31)(H,30,32)/b15-9-,16-10+. The smallest absolute Gasteiger partial charge is 0.244 e. The Bertz CT molecular complexity index is 1010. The molecule has 0 heterocycles. The maximum atomic E-state index is 12.0. The van der Waals surface area contributed by atoms with Crippen LogP contribution in [0.4, 0.5) is 0 Å². The van der Waals surface area contributed by atoms with Gasteiger partial charge in [-0.25, -0.2) is 0 Å². The summed E-state index contributed by atoms with van der Waals surface area (Å²) in [5.74, 6) is -0.354. The summed E-state index contributed by atoms with van der Waals surface area (Å²) in [7, 11) is 0. The SMILES string of the molecule is O=C(/C=C\c1ccc(Cl)cc1)NCc1ccc(CNC(=O)/C=C/c2ccc(Cl)cc2)cc1. The molecule has 3 rings (SSSR count). The first-order chi connectivity index (χ1) is 15.5. The Labute approximate surface area is 197 Å². The van der Waals surface area contributed by atoms with Crippen molar-refractivity contribution in [3.05, 3.63) is 117 Å². The lowest BCUT2D eigenvalue weighted by Gasteiger charge is -2.06. The minimum atomic E-state index is -0.177. The number of nitrogens with one attached hydrogen (secondary N) is 2. The van der Waals surface area contributed by atoms with E-state index in [1.165, 1.54) is 12.2 Å². The van der Waals surface area contributed by atoms with E-state index in [0.717, 1.165) is 22.3 Å². The van der Waals surface area contributed by atoms with Crippen molar-refractivity contribution in [2.24, 2.45) is 0 Å². The molecule has 0 bridgehead atoms. The zero-order valence-corrected chi connectivity index (χ0v) is 18.7. The highest BCUT2D eigenvalue weighted by molar-refractivity contribution is 6.30. The van der Waals surface area contributed by atoms with Gasteiger partial charge in [-0.1, -0.05) is 71.7 Å². The number of hydrogen-bond donors (Lipinski definition) is 2. The second-order valence-electron chi connectivity index (χ2n) is 7.02. The molecular formula is C26H22Cl2N2O2. The van der Waals surface area contributed by atoms with Gasteiger partial charge in [0.15, 0.2) is 0 Å². The van der Waals surface area contributed by atoms with Crippen molar-refractivity contribution in [2.75, 3.05) is 0 Å². The fourth-order valence-corrected chi connectivity index (χ4v) is 3.01. The normalized spacial score (nSPS) is 11.1. The maximum absolute atomic E-state index is 12.0. The van der Waals surface area contributed by atoms with E-state index in [0.29, 0.717) is 23.1 Å². The second kappa shape index (κ2) is 11.9. The zero-order chi connectivity index (χ0) is 22.8. The summed E-state index contributed by atoms with van der Waals surface area (Å²) < 4.78 is 0. The molecule has 0 unspecified atom stereocenters. The lowest BCUT2D eigenvalue weighted by Crippen LogP contribution is -2.21. The van der Waals surface area contributed by atoms with E-state index in [4.69, 9.17) is 23.2 Å². The van der Waals surface area contributed by atoms with E-state index in [1.807, 2.05) is 48.5 Å². The molecule has 0 fully saturated rings. The van der Waals surface area contributed by atoms with Gasteiger partial charge in [0, 0.05) is 35.3 Å². The molecule has 3 aromatic carbocycles. The van der Waals surface area contributed by atoms with Gasteiger partial charge >= 0.3 is 0 Å². The molecule has 0 saturated heterocycles. The van der Waals surface area contributed by atoms with E-state index in [2.05, 4.69) is 10.6 Å². The maximum Gasteiger partial charge on any atom is 0.244 e. The molecule has 2 amide bonds. The van der Waals surface area contributed by atoms with E-state index < -0.39 is 0 Å². The van der Waals surface area contributed by atoms with Crippen LogP contribution in [0.2, 0.25) is 10.0 Å². The minimum Gasteiger partial charge on any atom is -0.348 e. The third-order valence-corrected chi connectivity index (χ3v) is 5.05. The Kier molecular flexibility index (Phi) is 8.67. The molecule has 0 spiro atoms. The van der Waals surface area contributed by atoms with Gasteiger partial charge in [-0.15, -0.1) is 0 Å². The van der Waals surface area contributed by atoms with Crippen molar-refractivity contribution >= 4 is 47.2 Å². The summed E-state index contributed by atoms with van der Waals surface area (Å²) >= 11 is 11.7. The van der Waals surface area contributed by atoms with E-state index >= 15 is 0 Å². The first-order valence-electron chi connectivity index (χ1n) is 9.99. The molecule has 4 nitrogen and oxygen atoms in total. The van der Waals surface area contributed by atoms with Crippen molar-refractivity contribution < 1.29 is 9.59 Å². The molecule has 0 aliphatic rings. The average molecular weight is 465 g/mol. The van der Waals surface area contributed by atoms with Gasteiger partial charge in [-0.3, -0.25) is 9.59 Å². The Morgan fingerprint density at radius 3 is 1.28 bits per heavy atom. The molecule has 0 aromatic heterocycles. The van der Waals surface area contributed by atoms with Crippen molar-refractivity contribution in [1.82, 2.24) is 10.6 Å². The molecule has 0 saturated carbocycles. The van der Waals surface area contributed by atoms with E-state index in [-0.39, 0.29) is 11.8 Å².